The standard InChI is InChI=1S/C26H35FN2O2/c27-24-14-6-7-15-25(24)31-21-10-16-26(30)29-19-9-2-1-8-17-28(18-11-20-29)22-23-12-4-3-5-13-23/h3-7,12-15H,1-2,8-11,16-22H2. The van der Waals surface area contributed by atoms with Crippen LogP contribution < -0.4 is 4.74 Å². The molecular weight excluding hydrogens is 391 g/mol. The van der Waals surface area contributed by atoms with Crippen LogP contribution in [0.2, 0.25) is 0 Å². The minimum Gasteiger partial charge on any atom is -0.491 e. The highest BCUT2D eigenvalue weighted by atomic mass is 19.1. The lowest BCUT2D eigenvalue weighted by atomic mass is 10.1. The highest BCUT2D eigenvalue weighted by Gasteiger charge is 2.15. The van der Waals surface area contributed by atoms with E-state index in [0.29, 0.717) is 19.4 Å². The predicted octanol–water partition coefficient (Wildman–Crippen LogP) is 5.28. The van der Waals surface area contributed by atoms with E-state index in [-0.39, 0.29) is 17.5 Å². The summed E-state index contributed by atoms with van der Waals surface area (Å²) in [6.45, 7) is 5.10. The highest BCUT2D eigenvalue weighted by Crippen LogP contribution is 2.16. The first kappa shape index (κ1) is 23.3. The van der Waals surface area contributed by atoms with Gasteiger partial charge < -0.3 is 9.64 Å². The third-order valence-electron chi connectivity index (χ3n) is 5.79. The van der Waals surface area contributed by atoms with Crippen LogP contribution in [-0.4, -0.2) is 48.5 Å². The molecule has 1 fully saturated rings. The lowest BCUT2D eigenvalue weighted by Gasteiger charge is -2.25. The number of ether oxygens (including phenoxy) is 1. The van der Waals surface area contributed by atoms with Crippen molar-refractivity contribution in [3.63, 3.8) is 0 Å². The van der Waals surface area contributed by atoms with E-state index >= 15 is 0 Å². The van der Waals surface area contributed by atoms with E-state index in [1.54, 1.807) is 18.2 Å². The second-order valence-electron chi connectivity index (χ2n) is 8.29. The Kier molecular flexibility index (Phi) is 9.84. The molecule has 2 aromatic rings. The Labute approximate surface area is 186 Å². The third-order valence-corrected chi connectivity index (χ3v) is 5.79. The van der Waals surface area contributed by atoms with E-state index in [9.17, 15) is 9.18 Å². The molecule has 0 aromatic heterocycles. The predicted molar refractivity (Wildman–Crippen MR) is 123 cm³/mol. The molecule has 1 aliphatic heterocycles. The minimum absolute atomic E-state index is 0.186. The number of halogens is 1. The summed E-state index contributed by atoms with van der Waals surface area (Å²) < 4.78 is 19.1. The van der Waals surface area contributed by atoms with Crippen LogP contribution >= 0.6 is 0 Å². The van der Waals surface area contributed by atoms with Crippen LogP contribution in [0.5, 0.6) is 5.75 Å². The quantitative estimate of drug-likeness (QED) is 0.565. The fourth-order valence-electron chi connectivity index (χ4n) is 4.07. The molecule has 4 nitrogen and oxygen atoms in total. The number of rotatable bonds is 7. The number of benzene rings is 2. The van der Waals surface area contributed by atoms with Gasteiger partial charge in [0.2, 0.25) is 5.91 Å². The monoisotopic (exact) mass is 426 g/mol. The van der Waals surface area contributed by atoms with Crippen LogP contribution in [-0.2, 0) is 11.3 Å². The molecule has 1 amide bonds. The van der Waals surface area contributed by atoms with E-state index < -0.39 is 0 Å². The molecule has 1 aliphatic rings. The molecule has 2 aromatic carbocycles. The molecule has 0 radical (unpaired) electrons. The molecule has 3 rings (SSSR count). The Morgan fingerprint density at radius 3 is 2.32 bits per heavy atom. The molecule has 0 N–H and O–H groups in total. The van der Waals surface area contributed by atoms with Crippen LogP contribution in [0, 0.1) is 5.82 Å². The topological polar surface area (TPSA) is 32.8 Å². The summed E-state index contributed by atoms with van der Waals surface area (Å²) in [6.07, 6.45) is 6.70. The van der Waals surface area contributed by atoms with Gasteiger partial charge in [-0.2, -0.15) is 0 Å². The number of hydrogen-bond donors (Lipinski definition) is 0. The number of carbonyl (C=O) groups is 1. The Morgan fingerprint density at radius 1 is 0.839 bits per heavy atom. The zero-order chi connectivity index (χ0) is 21.7. The van der Waals surface area contributed by atoms with Crippen molar-refractivity contribution in [2.45, 2.75) is 51.5 Å². The van der Waals surface area contributed by atoms with Gasteiger partial charge in [0.1, 0.15) is 0 Å². The Hall–Kier alpha value is -2.40. The lowest BCUT2D eigenvalue weighted by Crippen LogP contribution is -2.35. The smallest absolute Gasteiger partial charge is 0.222 e. The first-order valence-electron chi connectivity index (χ1n) is 11.6. The van der Waals surface area contributed by atoms with Gasteiger partial charge in [-0.05, 0) is 49.9 Å². The van der Waals surface area contributed by atoms with Gasteiger partial charge in [0.25, 0.3) is 0 Å². The fraction of sp³-hybridized carbons (Fsp3) is 0.500. The summed E-state index contributed by atoms with van der Waals surface area (Å²) in [4.78, 5) is 17.3. The molecule has 31 heavy (non-hydrogen) atoms. The minimum atomic E-state index is -0.360. The lowest BCUT2D eigenvalue weighted by molar-refractivity contribution is -0.131. The Morgan fingerprint density at radius 2 is 1.52 bits per heavy atom. The second kappa shape index (κ2) is 13.1. The van der Waals surface area contributed by atoms with Crippen molar-refractivity contribution < 1.29 is 13.9 Å². The van der Waals surface area contributed by atoms with E-state index in [1.807, 2.05) is 4.90 Å². The van der Waals surface area contributed by atoms with Crippen molar-refractivity contribution in [2.75, 3.05) is 32.8 Å². The molecule has 0 unspecified atom stereocenters. The molecule has 1 saturated heterocycles. The first-order valence-corrected chi connectivity index (χ1v) is 11.6. The molecule has 168 valence electrons. The van der Waals surface area contributed by atoms with E-state index in [0.717, 1.165) is 45.6 Å². The summed E-state index contributed by atoms with van der Waals surface area (Å²) in [6, 6.07) is 17.0. The number of para-hydroxylation sites is 1. The van der Waals surface area contributed by atoms with Crippen LogP contribution in [0.25, 0.3) is 0 Å². The molecular formula is C26H35FN2O2. The zero-order valence-electron chi connectivity index (χ0n) is 18.5. The third kappa shape index (κ3) is 8.33. The van der Waals surface area contributed by atoms with Crippen molar-refractivity contribution in [1.29, 1.82) is 0 Å². The summed E-state index contributed by atoms with van der Waals surface area (Å²) >= 11 is 0. The van der Waals surface area contributed by atoms with Crippen LogP contribution in [0.1, 0.15) is 50.5 Å². The number of amides is 1. The highest BCUT2D eigenvalue weighted by molar-refractivity contribution is 5.76. The average Bonchev–Trinajstić information content (AvgIpc) is 2.84. The SMILES string of the molecule is O=C(CCCOc1ccccc1F)N1CCCCCCN(Cc2ccccc2)CCC1. The molecule has 0 aliphatic carbocycles. The summed E-state index contributed by atoms with van der Waals surface area (Å²) in [5.74, 6) is 0.0794. The Balaban J connectivity index is 1.44. The number of nitrogens with zero attached hydrogens (tertiary/aromatic N) is 2. The number of carbonyl (C=O) groups excluding carboxylic acids is 1. The second-order valence-corrected chi connectivity index (χ2v) is 8.29. The summed E-state index contributed by atoms with van der Waals surface area (Å²) in [5.41, 5.74) is 1.35. The number of hydrogen-bond acceptors (Lipinski definition) is 3. The molecule has 1 heterocycles. The largest absolute Gasteiger partial charge is 0.491 e. The van der Waals surface area contributed by atoms with Gasteiger partial charge >= 0.3 is 0 Å². The van der Waals surface area contributed by atoms with Crippen molar-refractivity contribution in [2.24, 2.45) is 0 Å². The van der Waals surface area contributed by atoms with Gasteiger partial charge in [-0.1, -0.05) is 55.3 Å². The van der Waals surface area contributed by atoms with Gasteiger partial charge in [-0.15, -0.1) is 0 Å². The van der Waals surface area contributed by atoms with Gasteiger partial charge in [0.05, 0.1) is 6.61 Å². The maximum absolute atomic E-state index is 13.6. The first-order chi connectivity index (χ1) is 15.2. The molecule has 0 spiro atoms. The average molecular weight is 427 g/mol. The van der Waals surface area contributed by atoms with E-state index in [4.69, 9.17) is 4.74 Å². The van der Waals surface area contributed by atoms with Gasteiger partial charge in [-0.25, -0.2) is 4.39 Å². The fourth-order valence-corrected chi connectivity index (χ4v) is 4.07. The van der Waals surface area contributed by atoms with Crippen molar-refractivity contribution in [3.8, 4) is 5.75 Å². The molecule has 5 heteroatoms. The van der Waals surface area contributed by atoms with Crippen molar-refractivity contribution in [3.05, 3.63) is 66.0 Å². The molecule has 0 saturated carbocycles. The molecule has 0 bridgehead atoms. The van der Waals surface area contributed by atoms with Crippen molar-refractivity contribution >= 4 is 5.91 Å². The van der Waals surface area contributed by atoms with Gasteiger partial charge in [0, 0.05) is 32.6 Å². The summed E-state index contributed by atoms with van der Waals surface area (Å²) in [7, 11) is 0. The summed E-state index contributed by atoms with van der Waals surface area (Å²) in [5, 5.41) is 0. The van der Waals surface area contributed by atoms with Gasteiger partial charge in [0.15, 0.2) is 11.6 Å². The van der Waals surface area contributed by atoms with E-state index in [2.05, 4.69) is 35.2 Å². The van der Waals surface area contributed by atoms with Crippen LogP contribution in [0.4, 0.5) is 4.39 Å². The zero-order valence-corrected chi connectivity index (χ0v) is 18.5. The van der Waals surface area contributed by atoms with Crippen LogP contribution in [0.3, 0.4) is 0 Å². The maximum Gasteiger partial charge on any atom is 0.222 e. The molecule has 0 atom stereocenters. The van der Waals surface area contributed by atoms with Gasteiger partial charge in [-0.3, -0.25) is 9.69 Å². The van der Waals surface area contributed by atoms with Crippen molar-refractivity contribution in [1.82, 2.24) is 9.80 Å². The van der Waals surface area contributed by atoms with Crippen LogP contribution in [0.15, 0.2) is 54.6 Å². The normalized spacial score (nSPS) is 16.5. The maximum atomic E-state index is 13.6. The Bertz CT molecular complexity index is 784. The van der Waals surface area contributed by atoms with E-state index in [1.165, 1.54) is 30.9 Å².